The van der Waals surface area contributed by atoms with Crippen LogP contribution in [0.15, 0.2) is 72.4 Å². The van der Waals surface area contributed by atoms with Gasteiger partial charge in [-0.25, -0.2) is 14.1 Å². The van der Waals surface area contributed by atoms with Crippen molar-refractivity contribution in [3.8, 4) is 11.5 Å². The van der Waals surface area contributed by atoms with E-state index in [1.54, 1.807) is 36.4 Å². The molecule has 0 aromatic heterocycles. The highest BCUT2D eigenvalue weighted by Crippen LogP contribution is 2.30. The molecule has 0 unspecified atom stereocenters. The van der Waals surface area contributed by atoms with Crippen molar-refractivity contribution in [2.45, 2.75) is 6.61 Å². The zero-order chi connectivity index (χ0) is 25.7. The molecule has 1 fully saturated rings. The van der Waals surface area contributed by atoms with E-state index in [2.05, 4.69) is 10.6 Å². The molecule has 10 heteroatoms. The van der Waals surface area contributed by atoms with Crippen molar-refractivity contribution in [3.63, 3.8) is 0 Å². The predicted molar refractivity (Wildman–Crippen MR) is 132 cm³/mol. The lowest BCUT2D eigenvalue weighted by Crippen LogP contribution is -2.38. The van der Waals surface area contributed by atoms with Gasteiger partial charge < -0.3 is 20.1 Å². The van der Waals surface area contributed by atoms with E-state index < -0.39 is 30.2 Å². The second kappa shape index (κ2) is 10.9. The van der Waals surface area contributed by atoms with Crippen LogP contribution in [0.3, 0.4) is 0 Å². The standard InChI is InChI=1S/C26H21ClFN3O5/c1-35-23-13-17(8-11-22(23)36-15-16-6-9-18(27)10-7-16)12-21-25(33)31(26(34)30-21)14-24(32)29-20-5-3-2-4-19(20)28/h2-13H,14-15H2,1H3,(H,29,32)(H,30,34)/b21-12+. The van der Waals surface area contributed by atoms with Gasteiger partial charge in [0.2, 0.25) is 5.91 Å². The molecule has 1 saturated heterocycles. The largest absolute Gasteiger partial charge is 0.493 e. The number of ether oxygens (including phenoxy) is 2. The van der Waals surface area contributed by atoms with Crippen LogP contribution in [0.2, 0.25) is 5.02 Å². The normalized spacial score (nSPS) is 14.1. The molecule has 4 amide bonds. The smallest absolute Gasteiger partial charge is 0.329 e. The van der Waals surface area contributed by atoms with Gasteiger partial charge in [0.05, 0.1) is 12.8 Å². The maximum atomic E-state index is 13.8. The van der Waals surface area contributed by atoms with Gasteiger partial charge in [-0.1, -0.05) is 41.9 Å². The lowest BCUT2D eigenvalue weighted by Gasteiger charge is -2.12. The first kappa shape index (κ1) is 24.7. The Balaban J connectivity index is 1.43. The fourth-order valence-electron chi connectivity index (χ4n) is 3.41. The Morgan fingerprint density at radius 3 is 2.56 bits per heavy atom. The summed E-state index contributed by atoms with van der Waals surface area (Å²) in [4.78, 5) is 38.0. The zero-order valence-corrected chi connectivity index (χ0v) is 19.8. The van der Waals surface area contributed by atoms with Crippen LogP contribution >= 0.6 is 11.6 Å². The molecular weight excluding hydrogens is 489 g/mol. The number of nitrogens with one attached hydrogen (secondary N) is 2. The van der Waals surface area contributed by atoms with Crippen molar-refractivity contribution < 1.29 is 28.2 Å². The lowest BCUT2D eigenvalue weighted by molar-refractivity contribution is -0.127. The van der Waals surface area contributed by atoms with Crippen molar-refractivity contribution in [3.05, 3.63) is 94.4 Å². The highest BCUT2D eigenvalue weighted by molar-refractivity contribution is 6.30. The van der Waals surface area contributed by atoms with Gasteiger partial charge in [0.25, 0.3) is 5.91 Å². The summed E-state index contributed by atoms with van der Waals surface area (Å²) in [7, 11) is 1.49. The molecule has 0 bridgehead atoms. The van der Waals surface area contributed by atoms with Crippen LogP contribution in [0.1, 0.15) is 11.1 Å². The maximum Gasteiger partial charge on any atom is 0.329 e. The first-order chi connectivity index (χ1) is 17.3. The molecular formula is C26H21ClFN3O5. The summed E-state index contributed by atoms with van der Waals surface area (Å²) >= 11 is 5.90. The molecule has 1 aliphatic heterocycles. The van der Waals surface area contributed by atoms with Crippen LogP contribution < -0.4 is 20.1 Å². The molecule has 4 rings (SSSR count). The number of carbonyl (C=O) groups excluding carboxylic acids is 3. The van der Waals surface area contributed by atoms with E-state index in [1.165, 1.54) is 31.4 Å². The molecule has 0 radical (unpaired) electrons. The minimum Gasteiger partial charge on any atom is -0.493 e. The molecule has 3 aromatic rings. The molecule has 8 nitrogen and oxygen atoms in total. The third-order valence-electron chi connectivity index (χ3n) is 5.22. The molecule has 36 heavy (non-hydrogen) atoms. The predicted octanol–water partition coefficient (Wildman–Crippen LogP) is 4.60. The SMILES string of the molecule is COc1cc(/C=C2/NC(=O)N(CC(=O)Nc3ccccc3F)C2=O)ccc1OCc1ccc(Cl)cc1. The van der Waals surface area contributed by atoms with Gasteiger partial charge in [0.1, 0.15) is 24.7 Å². The number of hydrogen-bond donors (Lipinski definition) is 2. The molecule has 3 aromatic carbocycles. The highest BCUT2D eigenvalue weighted by atomic mass is 35.5. The number of anilines is 1. The van der Waals surface area contributed by atoms with Crippen molar-refractivity contribution >= 4 is 41.2 Å². The van der Waals surface area contributed by atoms with Gasteiger partial charge in [-0.15, -0.1) is 0 Å². The number of halogens is 2. The first-order valence-electron chi connectivity index (χ1n) is 10.8. The van der Waals surface area contributed by atoms with Crippen LogP contribution in [0.25, 0.3) is 6.08 Å². The summed E-state index contributed by atoms with van der Waals surface area (Å²) in [6.45, 7) is -0.274. The molecule has 1 heterocycles. The van der Waals surface area contributed by atoms with Crippen molar-refractivity contribution in [2.75, 3.05) is 19.0 Å². The summed E-state index contributed by atoms with van der Waals surface area (Å²) < 4.78 is 25.0. The van der Waals surface area contributed by atoms with E-state index >= 15 is 0 Å². The van der Waals surface area contributed by atoms with Crippen molar-refractivity contribution in [2.24, 2.45) is 0 Å². The summed E-state index contributed by atoms with van der Waals surface area (Å²) in [5.74, 6) is -1.11. The fraction of sp³-hybridized carbons (Fsp3) is 0.115. The third-order valence-corrected chi connectivity index (χ3v) is 5.47. The van der Waals surface area contributed by atoms with Crippen molar-refractivity contribution in [1.82, 2.24) is 10.2 Å². The van der Waals surface area contributed by atoms with E-state index in [0.29, 0.717) is 28.7 Å². The minimum absolute atomic E-state index is 0.0180. The van der Waals surface area contributed by atoms with E-state index in [4.69, 9.17) is 21.1 Å². The monoisotopic (exact) mass is 509 g/mol. The molecule has 0 spiro atoms. The average molecular weight is 510 g/mol. The summed E-state index contributed by atoms with van der Waals surface area (Å²) in [5, 5.41) is 5.43. The fourth-order valence-corrected chi connectivity index (χ4v) is 3.54. The zero-order valence-electron chi connectivity index (χ0n) is 19.1. The maximum absolute atomic E-state index is 13.8. The Morgan fingerprint density at radius 2 is 1.83 bits per heavy atom. The highest BCUT2D eigenvalue weighted by Gasteiger charge is 2.35. The summed E-state index contributed by atoms with van der Waals surface area (Å²) in [6.07, 6.45) is 1.46. The van der Waals surface area contributed by atoms with Crippen LogP contribution in [0, 0.1) is 5.82 Å². The van der Waals surface area contributed by atoms with Crippen molar-refractivity contribution in [1.29, 1.82) is 0 Å². The van der Waals surface area contributed by atoms with Gasteiger partial charge >= 0.3 is 6.03 Å². The van der Waals surface area contributed by atoms with Gasteiger partial charge in [-0.3, -0.25) is 9.59 Å². The topological polar surface area (TPSA) is 97.0 Å². The average Bonchev–Trinajstić information content (AvgIpc) is 3.12. The first-order valence-corrected chi connectivity index (χ1v) is 11.2. The number of rotatable bonds is 8. The number of imide groups is 1. The summed E-state index contributed by atoms with van der Waals surface area (Å²) in [5.41, 5.74) is 1.42. The van der Waals surface area contributed by atoms with E-state index in [9.17, 15) is 18.8 Å². The van der Waals surface area contributed by atoms with Gasteiger partial charge in [0, 0.05) is 5.02 Å². The lowest BCUT2D eigenvalue weighted by atomic mass is 10.1. The van der Waals surface area contributed by atoms with E-state index in [0.717, 1.165) is 10.5 Å². The molecule has 0 atom stereocenters. The van der Waals surface area contributed by atoms with E-state index in [1.807, 2.05) is 12.1 Å². The van der Waals surface area contributed by atoms with E-state index in [-0.39, 0.29) is 11.4 Å². The Kier molecular flexibility index (Phi) is 7.50. The number of carbonyl (C=O) groups is 3. The molecule has 1 aliphatic rings. The third kappa shape index (κ3) is 5.81. The number of nitrogens with zero attached hydrogens (tertiary/aromatic N) is 1. The van der Waals surface area contributed by atoms with Gasteiger partial charge in [-0.05, 0) is 53.6 Å². The Hall–Kier alpha value is -4.37. The Bertz CT molecular complexity index is 1340. The number of benzene rings is 3. The second-order valence-electron chi connectivity index (χ2n) is 7.73. The van der Waals surface area contributed by atoms with Crippen LogP contribution in [0.4, 0.5) is 14.9 Å². The number of hydrogen-bond acceptors (Lipinski definition) is 5. The second-order valence-corrected chi connectivity index (χ2v) is 8.17. The van der Waals surface area contributed by atoms with Gasteiger partial charge in [-0.2, -0.15) is 0 Å². The number of amides is 4. The van der Waals surface area contributed by atoms with Crippen LogP contribution in [0.5, 0.6) is 11.5 Å². The Morgan fingerprint density at radius 1 is 1.08 bits per heavy atom. The quantitative estimate of drug-likeness (QED) is 0.342. The Labute approximate surface area is 211 Å². The van der Waals surface area contributed by atoms with Crippen LogP contribution in [-0.4, -0.2) is 36.4 Å². The number of para-hydroxylation sites is 1. The van der Waals surface area contributed by atoms with Crippen LogP contribution in [-0.2, 0) is 16.2 Å². The van der Waals surface area contributed by atoms with Gasteiger partial charge in [0.15, 0.2) is 11.5 Å². The number of methoxy groups -OCH3 is 1. The molecule has 2 N–H and O–H groups in total. The molecule has 184 valence electrons. The molecule has 0 saturated carbocycles. The minimum atomic E-state index is -0.759. The summed E-state index contributed by atoms with van der Waals surface area (Å²) in [6, 6.07) is 17.1. The number of urea groups is 1. The molecule has 0 aliphatic carbocycles.